The molecule has 18 heavy (non-hydrogen) atoms. The van der Waals surface area contributed by atoms with Crippen LogP contribution in [0.1, 0.15) is 45.4 Å². The van der Waals surface area contributed by atoms with E-state index in [9.17, 15) is 0 Å². The highest BCUT2D eigenvalue weighted by atomic mass is 15.3. The second-order valence-corrected chi connectivity index (χ2v) is 6.12. The Balaban J connectivity index is 1.75. The number of likely N-dealkylation sites (N-methyl/N-ethyl adjacent to an activating group) is 1. The van der Waals surface area contributed by atoms with Crippen molar-refractivity contribution in [1.82, 2.24) is 15.1 Å². The fourth-order valence-corrected chi connectivity index (χ4v) is 3.59. The van der Waals surface area contributed by atoms with Crippen LogP contribution in [-0.2, 0) is 0 Å². The maximum absolute atomic E-state index is 3.29. The van der Waals surface area contributed by atoms with Crippen molar-refractivity contribution in [2.24, 2.45) is 0 Å². The molecule has 3 heteroatoms. The third-order valence-corrected chi connectivity index (χ3v) is 4.81. The molecule has 1 aliphatic heterocycles. The molecule has 0 spiro atoms. The van der Waals surface area contributed by atoms with Crippen molar-refractivity contribution in [2.75, 3.05) is 39.8 Å². The standard InChI is InChI=1S/C15H31N3/c1-14(13-16-2)17-9-11-18(12-10-17)15-7-5-3-4-6-8-15/h14-16H,3-13H2,1-2H3. The highest BCUT2D eigenvalue weighted by Crippen LogP contribution is 2.23. The number of nitrogens with one attached hydrogen (secondary N) is 1. The molecule has 0 amide bonds. The summed E-state index contributed by atoms with van der Waals surface area (Å²) in [5.74, 6) is 0. The summed E-state index contributed by atoms with van der Waals surface area (Å²) in [6.07, 6.45) is 8.76. The Labute approximate surface area is 113 Å². The molecule has 2 rings (SSSR count). The van der Waals surface area contributed by atoms with E-state index in [0.717, 1.165) is 12.6 Å². The monoisotopic (exact) mass is 253 g/mol. The third kappa shape index (κ3) is 3.94. The van der Waals surface area contributed by atoms with E-state index in [1.54, 1.807) is 0 Å². The smallest absolute Gasteiger partial charge is 0.0193 e. The molecule has 0 aromatic rings. The molecular formula is C15H31N3. The van der Waals surface area contributed by atoms with Gasteiger partial charge >= 0.3 is 0 Å². The zero-order chi connectivity index (χ0) is 12.8. The van der Waals surface area contributed by atoms with Crippen molar-refractivity contribution >= 4 is 0 Å². The molecule has 0 bridgehead atoms. The van der Waals surface area contributed by atoms with Gasteiger partial charge in [0.25, 0.3) is 0 Å². The molecule has 1 saturated carbocycles. The number of piperazine rings is 1. The average Bonchev–Trinajstić information content (AvgIpc) is 2.68. The van der Waals surface area contributed by atoms with Crippen LogP contribution in [0.25, 0.3) is 0 Å². The molecule has 1 aliphatic carbocycles. The first-order chi connectivity index (χ1) is 8.81. The minimum absolute atomic E-state index is 0.686. The van der Waals surface area contributed by atoms with Crippen LogP contribution in [0.15, 0.2) is 0 Å². The lowest BCUT2D eigenvalue weighted by atomic mass is 10.1. The van der Waals surface area contributed by atoms with Crippen molar-refractivity contribution < 1.29 is 0 Å². The van der Waals surface area contributed by atoms with Gasteiger partial charge in [-0.15, -0.1) is 0 Å². The number of hydrogen-bond acceptors (Lipinski definition) is 3. The number of nitrogens with zero attached hydrogens (tertiary/aromatic N) is 2. The van der Waals surface area contributed by atoms with Gasteiger partial charge in [-0.1, -0.05) is 25.7 Å². The normalized spacial score (nSPS) is 27.0. The fraction of sp³-hybridized carbons (Fsp3) is 1.00. The number of hydrogen-bond donors (Lipinski definition) is 1. The van der Waals surface area contributed by atoms with Gasteiger partial charge in [0.15, 0.2) is 0 Å². The Kier molecular flexibility index (Phi) is 5.93. The topological polar surface area (TPSA) is 18.5 Å². The summed E-state index contributed by atoms with van der Waals surface area (Å²) in [6, 6.07) is 1.58. The Morgan fingerprint density at radius 2 is 1.61 bits per heavy atom. The largest absolute Gasteiger partial charge is 0.318 e. The lowest BCUT2D eigenvalue weighted by Crippen LogP contribution is -2.54. The van der Waals surface area contributed by atoms with Crippen LogP contribution in [0.3, 0.4) is 0 Å². The number of rotatable bonds is 4. The quantitative estimate of drug-likeness (QED) is 0.773. The highest BCUT2D eigenvalue weighted by molar-refractivity contribution is 4.82. The summed E-state index contributed by atoms with van der Waals surface area (Å²) in [7, 11) is 2.05. The lowest BCUT2D eigenvalue weighted by Gasteiger charge is -2.41. The second-order valence-electron chi connectivity index (χ2n) is 6.12. The highest BCUT2D eigenvalue weighted by Gasteiger charge is 2.25. The zero-order valence-corrected chi connectivity index (χ0v) is 12.3. The van der Waals surface area contributed by atoms with Crippen molar-refractivity contribution in [2.45, 2.75) is 57.5 Å². The van der Waals surface area contributed by atoms with Crippen LogP contribution in [0.5, 0.6) is 0 Å². The maximum Gasteiger partial charge on any atom is 0.0193 e. The Morgan fingerprint density at radius 1 is 1.00 bits per heavy atom. The van der Waals surface area contributed by atoms with Gasteiger partial charge in [-0.05, 0) is 26.8 Å². The van der Waals surface area contributed by atoms with E-state index in [4.69, 9.17) is 0 Å². The molecule has 1 heterocycles. The molecule has 0 aromatic carbocycles. The van der Waals surface area contributed by atoms with Gasteiger partial charge in [0.2, 0.25) is 0 Å². The molecule has 2 fully saturated rings. The van der Waals surface area contributed by atoms with Gasteiger partial charge in [0.05, 0.1) is 0 Å². The molecule has 1 unspecified atom stereocenters. The summed E-state index contributed by atoms with van der Waals surface area (Å²) in [5.41, 5.74) is 0. The fourth-order valence-electron chi connectivity index (χ4n) is 3.59. The van der Waals surface area contributed by atoms with Crippen LogP contribution >= 0.6 is 0 Å². The minimum atomic E-state index is 0.686. The molecular weight excluding hydrogens is 222 g/mol. The molecule has 3 nitrogen and oxygen atoms in total. The van der Waals surface area contributed by atoms with Gasteiger partial charge in [-0.3, -0.25) is 9.80 Å². The van der Waals surface area contributed by atoms with Crippen molar-refractivity contribution in [3.05, 3.63) is 0 Å². The first kappa shape index (κ1) is 14.3. The average molecular weight is 253 g/mol. The van der Waals surface area contributed by atoms with Gasteiger partial charge in [0, 0.05) is 44.8 Å². The Bertz CT molecular complexity index is 216. The summed E-state index contributed by atoms with van der Waals surface area (Å²) >= 11 is 0. The zero-order valence-electron chi connectivity index (χ0n) is 12.3. The van der Waals surface area contributed by atoms with E-state index in [2.05, 4.69) is 29.1 Å². The van der Waals surface area contributed by atoms with Crippen molar-refractivity contribution in [3.63, 3.8) is 0 Å². The van der Waals surface area contributed by atoms with Gasteiger partial charge < -0.3 is 5.32 Å². The van der Waals surface area contributed by atoms with Crippen molar-refractivity contribution in [3.8, 4) is 0 Å². The minimum Gasteiger partial charge on any atom is -0.318 e. The molecule has 2 aliphatic rings. The Morgan fingerprint density at radius 3 is 2.17 bits per heavy atom. The Hall–Kier alpha value is -0.120. The van der Waals surface area contributed by atoms with Crippen molar-refractivity contribution in [1.29, 1.82) is 0 Å². The van der Waals surface area contributed by atoms with Crippen LogP contribution < -0.4 is 5.32 Å². The predicted octanol–water partition coefficient (Wildman–Crippen LogP) is 1.93. The summed E-state index contributed by atoms with van der Waals surface area (Å²) < 4.78 is 0. The summed E-state index contributed by atoms with van der Waals surface area (Å²) in [6.45, 7) is 8.57. The molecule has 1 saturated heterocycles. The van der Waals surface area contributed by atoms with Crippen LogP contribution in [0.2, 0.25) is 0 Å². The van der Waals surface area contributed by atoms with E-state index in [1.165, 1.54) is 64.7 Å². The van der Waals surface area contributed by atoms with E-state index in [1.807, 2.05) is 0 Å². The van der Waals surface area contributed by atoms with Crippen LogP contribution in [0.4, 0.5) is 0 Å². The van der Waals surface area contributed by atoms with E-state index in [-0.39, 0.29) is 0 Å². The molecule has 0 aromatic heterocycles. The van der Waals surface area contributed by atoms with Gasteiger partial charge in [0.1, 0.15) is 0 Å². The lowest BCUT2D eigenvalue weighted by molar-refractivity contribution is 0.0686. The molecule has 1 atom stereocenters. The third-order valence-electron chi connectivity index (χ3n) is 4.81. The molecule has 0 radical (unpaired) electrons. The SMILES string of the molecule is CNCC(C)N1CCN(C2CCCCCC2)CC1. The van der Waals surface area contributed by atoms with Gasteiger partial charge in [-0.25, -0.2) is 0 Å². The van der Waals surface area contributed by atoms with Gasteiger partial charge in [-0.2, -0.15) is 0 Å². The molecule has 1 N–H and O–H groups in total. The van der Waals surface area contributed by atoms with Crippen LogP contribution in [-0.4, -0.2) is 61.7 Å². The summed E-state index contributed by atoms with van der Waals surface area (Å²) in [4.78, 5) is 5.41. The van der Waals surface area contributed by atoms with E-state index in [0.29, 0.717) is 6.04 Å². The second kappa shape index (κ2) is 7.46. The predicted molar refractivity (Wildman–Crippen MR) is 78.0 cm³/mol. The first-order valence-corrected chi connectivity index (χ1v) is 7.94. The van der Waals surface area contributed by atoms with Crippen LogP contribution in [0, 0.1) is 0 Å². The van der Waals surface area contributed by atoms with E-state index < -0.39 is 0 Å². The summed E-state index contributed by atoms with van der Waals surface area (Å²) in [5, 5.41) is 3.29. The molecule has 106 valence electrons. The maximum atomic E-state index is 3.29. The first-order valence-electron chi connectivity index (χ1n) is 7.94. The van der Waals surface area contributed by atoms with E-state index >= 15 is 0 Å².